The van der Waals surface area contributed by atoms with Gasteiger partial charge in [0.15, 0.2) is 0 Å². The number of rotatable bonds is 7. The predicted molar refractivity (Wildman–Crippen MR) is 99.4 cm³/mol. The van der Waals surface area contributed by atoms with Crippen LogP contribution in [0.3, 0.4) is 0 Å². The lowest BCUT2D eigenvalue weighted by Gasteiger charge is -2.09. The number of nitrogens with one attached hydrogen (secondary N) is 2. The van der Waals surface area contributed by atoms with Crippen LogP contribution in [0.4, 0.5) is 5.69 Å². The van der Waals surface area contributed by atoms with Gasteiger partial charge in [0.2, 0.25) is 5.91 Å². The van der Waals surface area contributed by atoms with E-state index in [9.17, 15) is 9.59 Å². The summed E-state index contributed by atoms with van der Waals surface area (Å²) in [7, 11) is 1.33. The van der Waals surface area contributed by atoms with Crippen molar-refractivity contribution in [2.45, 2.75) is 6.42 Å². The molecule has 0 aromatic heterocycles. The first kappa shape index (κ1) is 19.1. The molecule has 0 unspecified atom stereocenters. The number of esters is 1. The number of halogens is 2. The van der Waals surface area contributed by atoms with E-state index in [4.69, 9.17) is 23.2 Å². The Morgan fingerprint density at radius 2 is 1.80 bits per heavy atom. The Labute approximate surface area is 156 Å². The summed E-state index contributed by atoms with van der Waals surface area (Å²) in [5.74, 6) is -0.535. The van der Waals surface area contributed by atoms with Crippen LogP contribution in [0.1, 0.15) is 15.9 Å². The van der Waals surface area contributed by atoms with E-state index < -0.39 is 5.97 Å². The van der Waals surface area contributed by atoms with E-state index in [0.717, 1.165) is 11.3 Å². The fourth-order valence-corrected chi connectivity index (χ4v) is 2.65. The van der Waals surface area contributed by atoms with Crippen molar-refractivity contribution in [2.24, 2.45) is 0 Å². The molecule has 1 amide bonds. The van der Waals surface area contributed by atoms with Gasteiger partial charge in [-0.05, 0) is 48.4 Å². The van der Waals surface area contributed by atoms with Gasteiger partial charge in [0, 0.05) is 22.3 Å². The molecule has 0 atom stereocenters. The second kappa shape index (κ2) is 9.30. The van der Waals surface area contributed by atoms with Crippen molar-refractivity contribution < 1.29 is 14.3 Å². The van der Waals surface area contributed by atoms with E-state index in [2.05, 4.69) is 15.4 Å². The highest BCUT2D eigenvalue weighted by Gasteiger charge is 2.06. The lowest BCUT2D eigenvalue weighted by molar-refractivity contribution is -0.119. The topological polar surface area (TPSA) is 67.4 Å². The Balaban J connectivity index is 1.74. The SMILES string of the molecule is COC(=O)c1ccc(NCC(=O)NCCc2ccc(Cl)cc2Cl)cc1. The van der Waals surface area contributed by atoms with Crippen molar-refractivity contribution in [1.82, 2.24) is 5.32 Å². The molecule has 7 heteroatoms. The molecule has 0 fully saturated rings. The first-order chi connectivity index (χ1) is 12.0. The summed E-state index contributed by atoms with van der Waals surface area (Å²) < 4.78 is 4.63. The van der Waals surface area contributed by atoms with Crippen molar-refractivity contribution in [3.63, 3.8) is 0 Å². The molecule has 0 spiro atoms. The van der Waals surface area contributed by atoms with Gasteiger partial charge in [0.1, 0.15) is 0 Å². The minimum absolute atomic E-state index is 0.131. The summed E-state index contributed by atoms with van der Waals surface area (Å²) in [4.78, 5) is 23.2. The number of anilines is 1. The van der Waals surface area contributed by atoms with Crippen molar-refractivity contribution in [3.05, 3.63) is 63.6 Å². The molecular weight excluding hydrogens is 363 g/mol. The third kappa shape index (κ3) is 5.96. The van der Waals surface area contributed by atoms with E-state index >= 15 is 0 Å². The van der Waals surface area contributed by atoms with E-state index in [1.54, 1.807) is 36.4 Å². The largest absolute Gasteiger partial charge is 0.465 e. The number of hydrogen-bond acceptors (Lipinski definition) is 4. The fourth-order valence-electron chi connectivity index (χ4n) is 2.15. The molecule has 2 rings (SSSR count). The van der Waals surface area contributed by atoms with E-state index in [1.165, 1.54) is 7.11 Å². The Kier molecular flexibility index (Phi) is 7.10. The number of ether oxygens (including phenoxy) is 1. The van der Waals surface area contributed by atoms with Gasteiger partial charge in [-0.15, -0.1) is 0 Å². The molecule has 0 saturated carbocycles. The third-order valence-electron chi connectivity index (χ3n) is 3.49. The van der Waals surface area contributed by atoms with Crippen LogP contribution in [0.25, 0.3) is 0 Å². The second-order valence-corrected chi connectivity index (χ2v) is 6.10. The summed E-state index contributed by atoms with van der Waals surface area (Å²) in [6.45, 7) is 0.606. The molecule has 2 aromatic carbocycles. The molecular formula is C18H18Cl2N2O3. The highest BCUT2D eigenvalue weighted by Crippen LogP contribution is 2.21. The monoisotopic (exact) mass is 380 g/mol. The highest BCUT2D eigenvalue weighted by molar-refractivity contribution is 6.35. The Morgan fingerprint density at radius 1 is 1.08 bits per heavy atom. The van der Waals surface area contributed by atoms with Gasteiger partial charge in [0.25, 0.3) is 0 Å². The van der Waals surface area contributed by atoms with Crippen LogP contribution in [0.5, 0.6) is 0 Å². The fraction of sp³-hybridized carbons (Fsp3) is 0.222. The molecule has 0 heterocycles. The minimum Gasteiger partial charge on any atom is -0.465 e. The molecule has 0 aliphatic heterocycles. The smallest absolute Gasteiger partial charge is 0.337 e. The van der Waals surface area contributed by atoms with Crippen LogP contribution in [0.2, 0.25) is 10.0 Å². The zero-order valence-corrected chi connectivity index (χ0v) is 15.2. The van der Waals surface area contributed by atoms with Crippen LogP contribution in [0, 0.1) is 0 Å². The highest BCUT2D eigenvalue weighted by atomic mass is 35.5. The van der Waals surface area contributed by atoms with Crippen LogP contribution < -0.4 is 10.6 Å². The van der Waals surface area contributed by atoms with Crippen molar-refractivity contribution in [1.29, 1.82) is 0 Å². The number of methoxy groups -OCH3 is 1. The molecule has 2 aromatic rings. The number of carbonyl (C=O) groups is 2. The van der Waals surface area contributed by atoms with Gasteiger partial charge < -0.3 is 15.4 Å². The second-order valence-electron chi connectivity index (χ2n) is 5.26. The van der Waals surface area contributed by atoms with Crippen LogP contribution in [-0.4, -0.2) is 32.1 Å². The Morgan fingerprint density at radius 3 is 2.44 bits per heavy atom. The molecule has 2 N–H and O–H groups in total. The molecule has 0 radical (unpaired) electrons. The van der Waals surface area contributed by atoms with Gasteiger partial charge >= 0.3 is 5.97 Å². The van der Waals surface area contributed by atoms with Crippen molar-refractivity contribution in [2.75, 3.05) is 25.5 Å². The summed E-state index contributed by atoms with van der Waals surface area (Å²) in [6.07, 6.45) is 0.621. The van der Waals surface area contributed by atoms with Gasteiger partial charge in [-0.2, -0.15) is 0 Å². The number of hydrogen-bond donors (Lipinski definition) is 2. The maximum absolute atomic E-state index is 11.9. The predicted octanol–water partition coefficient (Wildman–Crippen LogP) is 3.55. The first-order valence-electron chi connectivity index (χ1n) is 7.62. The molecule has 0 aliphatic rings. The maximum atomic E-state index is 11.9. The van der Waals surface area contributed by atoms with Gasteiger partial charge in [0.05, 0.1) is 19.2 Å². The quantitative estimate of drug-likeness (QED) is 0.720. The first-order valence-corrected chi connectivity index (χ1v) is 8.38. The van der Waals surface area contributed by atoms with Crippen LogP contribution in [0.15, 0.2) is 42.5 Å². The average Bonchev–Trinajstić information content (AvgIpc) is 2.61. The van der Waals surface area contributed by atoms with Crippen molar-refractivity contribution in [3.8, 4) is 0 Å². The molecule has 0 saturated heterocycles. The molecule has 0 bridgehead atoms. The van der Waals surface area contributed by atoms with Crippen LogP contribution >= 0.6 is 23.2 Å². The zero-order chi connectivity index (χ0) is 18.2. The standard InChI is InChI=1S/C18H18Cl2N2O3/c1-25-18(24)13-3-6-15(7-4-13)22-11-17(23)21-9-8-12-2-5-14(19)10-16(12)20/h2-7,10,22H,8-9,11H2,1H3,(H,21,23). The van der Waals surface area contributed by atoms with Crippen molar-refractivity contribution >= 4 is 40.8 Å². The van der Waals surface area contributed by atoms with Crippen LogP contribution in [-0.2, 0) is 16.0 Å². The number of amides is 1. The summed E-state index contributed by atoms with van der Waals surface area (Å²) in [5.41, 5.74) is 2.12. The zero-order valence-electron chi connectivity index (χ0n) is 13.6. The average molecular weight is 381 g/mol. The lowest BCUT2D eigenvalue weighted by atomic mass is 10.1. The summed E-state index contributed by atoms with van der Waals surface area (Å²) in [5, 5.41) is 6.98. The summed E-state index contributed by atoms with van der Waals surface area (Å²) >= 11 is 11.9. The van der Waals surface area contributed by atoms with E-state index in [1.807, 2.05) is 6.07 Å². The lowest BCUT2D eigenvalue weighted by Crippen LogP contribution is -2.31. The van der Waals surface area contributed by atoms with Gasteiger partial charge in [-0.25, -0.2) is 4.79 Å². The molecule has 0 aliphatic carbocycles. The summed E-state index contributed by atoms with van der Waals surface area (Å²) in [6, 6.07) is 12.0. The molecule has 132 valence electrons. The van der Waals surface area contributed by atoms with E-state index in [0.29, 0.717) is 28.6 Å². The minimum atomic E-state index is -0.398. The molecule has 5 nitrogen and oxygen atoms in total. The Bertz CT molecular complexity index is 748. The Hall–Kier alpha value is -2.24. The van der Waals surface area contributed by atoms with E-state index in [-0.39, 0.29) is 12.5 Å². The molecule has 25 heavy (non-hydrogen) atoms. The van der Waals surface area contributed by atoms with Gasteiger partial charge in [-0.1, -0.05) is 29.3 Å². The third-order valence-corrected chi connectivity index (χ3v) is 4.08. The normalized spacial score (nSPS) is 10.2. The maximum Gasteiger partial charge on any atom is 0.337 e. The number of benzene rings is 2. The van der Waals surface area contributed by atoms with Gasteiger partial charge in [-0.3, -0.25) is 4.79 Å². The number of carbonyl (C=O) groups excluding carboxylic acids is 2.